The van der Waals surface area contributed by atoms with Gasteiger partial charge in [-0.15, -0.1) is 0 Å². The van der Waals surface area contributed by atoms with Crippen LogP contribution in [-0.2, 0) is 0 Å². The van der Waals surface area contributed by atoms with Crippen LogP contribution in [0, 0.1) is 12.7 Å². The van der Waals surface area contributed by atoms with Crippen molar-refractivity contribution >= 4 is 30.7 Å². The summed E-state index contributed by atoms with van der Waals surface area (Å²) in [7, 11) is -1.06. The molecule has 0 radical (unpaired) electrons. The molecule has 132 valence electrons. The molecule has 1 aliphatic rings. The number of nitrogens with one attached hydrogen (secondary N) is 2. The number of aromatic amines is 1. The summed E-state index contributed by atoms with van der Waals surface area (Å²) < 4.78 is 14.2. The molecule has 1 aliphatic heterocycles. The number of rotatable bonds is 3. The van der Waals surface area contributed by atoms with Crippen molar-refractivity contribution < 1.29 is 9.50 Å². The fraction of sp³-hybridized carbons (Fsp3) is 0.588. The standard InChI is InChI=1S/C17H25ClFN3OSi/c1-10-14(18)15(19)12-9-13(22-16(12)20-10)17(23)21-11-5-4-7-24(2,3)8-6-11/h9,11,17,21,23H,4-8H2,1-3H3,(H,20,22). The molecule has 2 aromatic rings. The first-order valence-electron chi connectivity index (χ1n) is 8.55. The number of hydrogen-bond acceptors (Lipinski definition) is 3. The van der Waals surface area contributed by atoms with Crippen molar-refractivity contribution in [1.29, 1.82) is 0 Å². The van der Waals surface area contributed by atoms with Crippen LogP contribution in [0.2, 0.25) is 30.2 Å². The quantitative estimate of drug-likeness (QED) is 0.551. The summed E-state index contributed by atoms with van der Waals surface area (Å²) in [5, 5.41) is 14.1. The predicted octanol–water partition coefficient (Wildman–Crippen LogP) is 4.51. The van der Waals surface area contributed by atoms with Gasteiger partial charge in [-0.25, -0.2) is 9.37 Å². The number of H-pyrrole nitrogens is 1. The van der Waals surface area contributed by atoms with Gasteiger partial charge in [0.25, 0.3) is 0 Å². The van der Waals surface area contributed by atoms with Gasteiger partial charge in [0, 0.05) is 14.1 Å². The number of halogens is 2. The van der Waals surface area contributed by atoms with E-state index in [1.165, 1.54) is 18.5 Å². The molecule has 7 heteroatoms. The molecule has 0 bridgehead atoms. The van der Waals surface area contributed by atoms with Gasteiger partial charge in [0.05, 0.1) is 21.8 Å². The third-order valence-corrected chi connectivity index (χ3v) is 8.90. The van der Waals surface area contributed by atoms with Crippen LogP contribution in [0.15, 0.2) is 6.07 Å². The maximum absolute atomic E-state index is 14.2. The highest BCUT2D eigenvalue weighted by atomic mass is 35.5. The molecule has 1 fully saturated rings. The smallest absolute Gasteiger partial charge is 0.154 e. The minimum atomic E-state index is -1.06. The van der Waals surface area contributed by atoms with Crippen molar-refractivity contribution in [2.24, 2.45) is 0 Å². The lowest BCUT2D eigenvalue weighted by Crippen LogP contribution is -2.33. The Kier molecular flexibility index (Phi) is 5.02. The first-order valence-corrected chi connectivity index (χ1v) is 12.3. The van der Waals surface area contributed by atoms with Gasteiger partial charge in [0.1, 0.15) is 11.9 Å². The van der Waals surface area contributed by atoms with E-state index < -0.39 is 20.1 Å². The van der Waals surface area contributed by atoms with Crippen LogP contribution in [0.5, 0.6) is 0 Å². The summed E-state index contributed by atoms with van der Waals surface area (Å²) >= 11 is 5.92. The van der Waals surface area contributed by atoms with Crippen molar-refractivity contribution in [3.63, 3.8) is 0 Å². The average molecular weight is 370 g/mol. The van der Waals surface area contributed by atoms with Crippen molar-refractivity contribution in [2.75, 3.05) is 0 Å². The number of aliphatic hydroxyl groups is 1. The lowest BCUT2D eigenvalue weighted by Gasteiger charge is -2.22. The topological polar surface area (TPSA) is 60.9 Å². The molecule has 0 amide bonds. The van der Waals surface area contributed by atoms with Gasteiger partial charge in [-0.3, -0.25) is 5.32 Å². The van der Waals surface area contributed by atoms with Crippen LogP contribution < -0.4 is 5.32 Å². The predicted molar refractivity (Wildman–Crippen MR) is 98.6 cm³/mol. The fourth-order valence-corrected chi connectivity index (χ4v) is 6.19. The second kappa shape index (κ2) is 6.75. The zero-order chi connectivity index (χ0) is 17.5. The van der Waals surface area contributed by atoms with Gasteiger partial charge in [-0.05, 0) is 25.8 Å². The van der Waals surface area contributed by atoms with Crippen LogP contribution in [0.3, 0.4) is 0 Å². The Balaban J connectivity index is 1.77. The minimum absolute atomic E-state index is 0.0338. The molecular weight excluding hydrogens is 345 g/mol. The molecule has 3 N–H and O–H groups in total. The minimum Gasteiger partial charge on any atom is -0.373 e. The lowest BCUT2D eigenvalue weighted by atomic mass is 10.1. The normalized spacial score (nSPS) is 22.5. The molecule has 0 aliphatic carbocycles. The summed E-state index contributed by atoms with van der Waals surface area (Å²) in [6.07, 6.45) is 2.52. The van der Waals surface area contributed by atoms with Crippen molar-refractivity contribution in [1.82, 2.24) is 15.3 Å². The van der Waals surface area contributed by atoms with Gasteiger partial charge in [0.2, 0.25) is 0 Å². The molecular formula is C17H25ClFN3OSi. The van der Waals surface area contributed by atoms with Crippen molar-refractivity contribution in [3.05, 3.63) is 28.3 Å². The van der Waals surface area contributed by atoms with Crippen LogP contribution >= 0.6 is 11.6 Å². The third kappa shape index (κ3) is 3.66. The molecule has 2 atom stereocenters. The van der Waals surface area contributed by atoms with E-state index >= 15 is 0 Å². The summed E-state index contributed by atoms with van der Waals surface area (Å²) in [6, 6.07) is 4.51. The van der Waals surface area contributed by atoms with E-state index in [2.05, 4.69) is 28.4 Å². The number of pyridine rings is 1. The van der Waals surface area contributed by atoms with E-state index in [1.54, 1.807) is 13.0 Å². The summed E-state index contributed by atoms with van der Waals surface area (Å²) in [5.74, 6) is -0.490. The number of fused-ring (bicyclic) bond motifs is 1. The zero-order valence-electron chi connectivity index (χ0n) is 14.4. The second-order valence-corrected chi connectivity index (χ2v) is 13.4. The first-order chi connectivity index (χ1) is 11.3. The second-order valence-electron chi connectivity index (χ2n) is 7.67. The SMILES string of the molecule is Cc1nc2[nH]c(C(O)NC3CCC[Si](C)(C)CC3)cc2c(F)c1Cl. The Morgan fingerprint density at radius 2 is 2.17 bits per heavy atom. The maximum Gasteiger partial charge on any atom is 0.154 e. The molecule has 0 aromatic carbocycles. The zero-order valence-corrected chi connectivity index (χ0v) is 16.2. The van der Waals surface area contributed by atoms with Crippen LogP contribution in [0.1, 0.15) is 36.9 Å². The summed E-state index contributed by atoms with van der Waals surface area (Å²) in [6.45, 7) is 6.53. The average Bonchev–Trinajstić information content (AvgIpc) is 2.86. The van der Waals surface area contributed by atoms with E-state index in [4.69, 9.17) is 11.6 Å². The molecule has 0 spiro atoms. The van der Waals surface area contributed by atoms with Crippen molar-refractivity contribution in [3.8, 4) is 0 Å². The van der Waals surface area contributed by atoms with E-state index in [0.717, 1.165) is 12.8 Å². The summed E-state index contributed by atoms with van der Waals surface area (Å²) in [4.78, 5) is 7.27. The van der Waals surface area contributed by atoms with Gasteiger partial charge < -0.3 is 10.1 Å². The van der Waals surface area contributed by atoms with Gasteiger partial charge >= 0.3 is 0 Å². The highest BCUT2D eigenvalue weighted by Crippen LogP contribution is 2.30. The Morgan fingerprint density at radius 3 is 2.92 bits per heavy atom. The Labute approximate surface area is 147 Å². The van der Waals surface area contributed by atoms with E-state index in [9.17, 15) is 9.50 Å². The molecule has 2 unspecified atom stereocenters. The number of aryl methyl sites for hydroxylation is 1. The third-order valence-electron chi connectivity index (χ3n) is 5.11. The number of aromatic nitrogens is 2. The molecule has 1 saturated heterocycles. The monoisotopic (exact) mass is 369 g/mol. The Bertz CT molecular complexity index is 749. The largest absolute Gasteiger partial charge is 0.373 e. The van der Waals surface area contributed by atoms with Gasteiger partial charge in [-0.2, -0.15) is 0 Å². The number of nitrogens with zero attached hydrogens (tertiary/aromatic N) is 1. The summed E-state index contributed by atoms with van der Waals surface area (Å²) in [5.41, 5.74) is 1.38. The number of aliphatic hydroxyl groups excluding tert-OH is 1. The van der Waals surface area contributed by atoms with Crippen LogP contribution in [0.25, 0.3) is 11.0 Å². The lowest BCUT2D eigenvalue weighted by molar-refractivity contribution is 0.117. The number of hydrogen-bond donors (Lipinski definition) is 3. The van der Waals surface area contributed by atoms with E-state index in [0.29, 0.717) is 28.5 Å². The van der Waals surface area contributed by atoms with Gasteiger partial charge in [0.15, 0.2) is 5.82 Å². The first kappa shape index (κ1) is 17.9. The molecule has 0 saturated carbocycles. The maximum atomic E-state index is 14.2. The van der Waals surface area contributed by atoms with Crippen LogP contribution in [0.4, 0.5) is 4.39 Å². The molecule has 3 rings (SSSR count). The molecule has 2 aromatic heterocycles. The fourth-order valence-electron chi connectivity index (χ4n) is 3.50. The van der Waals surface area contributed by atoms with Crippen molar-refractivity contribution in [2.45, 2.75) is 63.6 Å². The Hall–Kier alpha value is -0.953. The highest BCUT2D eigenvalue weighted by Gasteiger charge is 2.27. The van der Waals surface area contributed by atoms with E-state index in [-0.39, 0.29) is 5.02 Å². The van der Waals surface area contributed by atoms with E-state index in [1.807, 2.05) is 0 Å². The molecule has 24 heavy (non-hydrogen) atoms. The molecule has 3 heterocycles. The van der Waals surface area contributed by atoms with Gasteiger partial charge in [-0.1, -0.05) is 43.2 Å². The molecule has 4 nitrogen and oxygen atoms in total. The Morgan fingerprint density at radius 1 is 1.42 bits per heavy atom. The van der Waals surface area contributed by atoms with Crippen LogP contribution in [-0.4, -0.2) is 29.2 Å². The highest BCUT2D eigenvalue weighted by molar-refractivity contribution is 6.77.